The van der Waals surface area contributed by atoms with Crippen LogP contribution in [0.4, 0.5) is 0 Å². The molecule has 0 saturated carbocycles. The number of hydrogen-bond donors (Lipinski definition) is 0. The van der Waals surface area contributed by atoms with Gasteiger partial charge in [-0.05, 0) is 25.0 Å². The molecule has 6 nitrogen and oxygen atoms in total. The number of carbonyl (C=O) groups excluding carboxylic acids is 1. The van der Waals surface area contributed by atoms with Crippen molar-refractivity contribution in [2.24, 2.45) is 0 Å². The lowest BCUT2D eigenvalue weighted by Gasteiger charge is -2.27. The quantitative estimate of drug-likeness (QED) is 0.361. The molecule has 6 heteroatoms. The standard InChI is InChI=1S/C16H15N2O4/c1-3-22-16(19)15(14-9-5-4-7-12(14)2)17-10-6-8-13(11-17)18(20)21/h4-5,7-11,15H,2-3H2,1H3. The molecular weight excluding hydrogens is 284 g/mol. The van der Waals surface area contributed by atoms with Gasteiger partial charge in [0.25, 0.3) is 5.70 Å². The van der Waals surface area contributed by atoms with Gasteiger partial charge in [-0.2, -0.15) is 0 Å². The van der Waals surface area contributed by atoms with Crippen LogP contribution in [0.5, 0.6) is 0 Å². The summed E-state index contributed by atoms with van der Waals surface area (Å²) >= 11 is 0. The van der Waals surface area contributed by atoms with Gasteiger partial charge < -0.3 is 9.64 Å². The topological polar surface area (TPSA) is 72.7 Å². The average Bonchev–Trinajstić information content (AvgIpc) is 2.50. The Bertz CT molecular complexity index is 687. The summed E-state index contributed by atoms with van der Waals surface area (Å²) in [7, 11) is 0. The van der Waals surface area contributed by atoms with Gasteiger partial charge >= 0.3 is 5.97 Å². The number of esters is 1. The van der Waals surface area contributed by atoms with Gasteiger partial charge in [-0.25, -0.2) is 4.79 Å². The molecule has 0 N–H and O–H groups in total. The first kappa shape index (κ1) is 15.5. The van der Waals surface area contributed by atoms with Gasteiger partial charge in [-0.1, -0.05) is 30.0 Å². The SMILES string of the molecule is [CH2]c1ccccc1C(C(=O)OCC)N1C=C=CC([N+](=O)[O-])=C1. The minimum atomic E-state index is -0.843. The number of nitrogens with zero attached hydrogens (tertiary/aromatic N) is 2. The Morgan fingerprint density at radius 1 is 1.50 bits per heavy atom. The molecular formula is C16H15N2O4. The predicted molar refractivity (Wildman–Crippen MR) is 79.8 cm³/mol. The van der Waals surface area contributed by atoms with Crippen molar-refractivity contribution >= 4 is 5.97 Å². The van der Waals surface area contributed by atoms with Crippen molar-refractivity contribution in [3.63, 3.8) is 0 Å². The molecule has 1 atom stereocenters. The maximum Gasteiger partial charge on any atom is 0.333 e. The zero-order valence-corrected chi connectivity index (χ0v) is 12.1. The third-order valence-corrected chi connectivity index (χ3v) is 3.10. The van der Waals surface area contributed by atoms with E-state index in [-0.39, 0.29) is 12.3 Å². The van der Waals surface area contributed by atoms with Crippen LogP contribution in [-0.2, 0) is 9.53 Å². The summed E-state index contributed by atoms with van der Waals surface area (Å²) in [6, 6.07) is 6.25. The van der Waals surface area contributed by atoms with Crippen molar-refractivity contribution in [2.75, 3.05) is 6.61 Å². The van der Waals surface area contributed by atoms with Crippen molar-refractivity contribution in [2.45, 2.75) is 13.0 Å². The Balaban J connectivity index is 2.47. The van der Waals surface area contributed by atoms with E-state index in [2.05, 4.69) is 12.7 Å². The lowest BCUT2D eigenvalue weighted by atomic mass is 10.00. The van der Waals surface area contributed by atoms with Crippen LogP contribution in [0.2, 0.25) is 0 Å². The maximum atomic E-state index is 12.3. The first-order chi connectivity index (χ1) is 10.5. The molecule has 0 aromatic heterocycles. The van der Waals surface area contributed by atoms with Crippen molar-refractivity contribution < 1.29 is 14.5 Å². The van der Waals surface area contributed by atoms with E-state index in [1.54, 1.807) is 31.2 Å². The second-order valence-electron chi connectivity index (χ2n) is 4.55. The summed E-state index contributed by atoms with van der Waals surface area (Å²) in [4.78, 5) is 24.1. The number of hydrogen-bond acceptors (Lipinski definition) is 5. The molecule has 1 aliphatic heterocycles. The molecule has 1 heterocycles. The molecule has 1 aromatic carbocycles. The molecule has 113 valence electrons. The van der Waals surface area contributed by atoms with Crippen LogP contribution in [0.1, 0.15) is 24.1 Å². The van der Waals surface area contributed by atoms with E-state index in [1.807, 2.05) is 0 Å². The molecule has 0 fully saturated rings. The minimum Gasteiger partial charge on any atom is -0.464 e. The first-order valence-corrected chi connectivity index (χ1v) is 6.68. The van der Waals surface area contributed by atoms with Gasteiger partial charge in [0.05, 0.1) is 23.8 Å². The number of nitro groups is 1. The Morgan fingerprint density at radius 3 is 2.86 bits per heavy atom. The predicted octanol–water partition coefficient (Wildman–Crippen LogP) is 2.58. The monoisotopic (exact) mass is 299 g/mol. The van der Waals surface area contributed by atoms with Crippen LogP contribution in [0.3, 0.4) is 0 Å². The third-order valence-electron chi connectivity index (χ3n) is 3.10. The van der Waals surface area contributed by atoms with Gasteiger partial charge in [0.1, 0.15) is 0 Å². The number of rotatable bonds is 5. The van der Waals surface area contributed by atoms with Gasteiger partial charge in [-0.3, -0.25) is 10.1 Å². The molecule has 0 amide bonds. The van der Waals surface area contributed by atoms with Crippen molar-refractivity contribution in [3.05, 3.63) is 82.3 Å². The second kappa shape index (κ2) is 6.74. The van der Waals surface area contributed by atoms with Gasteiger partial charge in [0, 0.05) is 6.20 Å². The highest BCUT2D eigenvalue weighted by Crippen LogP contribution is 2.27. The van der Waals surface area contributed by atoms with E-state index < -0.39 is 16.9 Å². The number of carbonyl (C=O) groups is 1. The molecule has 0 spiro atoms. The largest absolute Gasteiger partial charge is 0.464 e. The van der Waals surface area contributed by atoms with Crippen molar-refractivity contribution in [3.8, 4) is 0 Å². The van der Waals surface area contributed by atoms with E-state index in [0.717, 1.165) is 0 Å². The van der Waals surface area contributed by atoms with Gasteiger partial charge in [0.15, 0.2) is 6.04 Å². The lowest BCUT2D eigenvalue weighted by Crippen LogP contribution is -2.30. The summed E-state index contributed by atoms with van der Waals surface area (Å²) in [5.41, 5.74) is 3.79. The van der Waals surface area contributed by atoms with E-state index in [9.17, 15) is 14.9 Å². The Kier molecular flexibility index (Phi) is 4.76. The van der Waals surface area contributed by atoms with E-state index in [1.165, 1.54) is 23.4 Å². The second-order valence-corrected chi connectivity index (χ2v) is 4.55. The zero-order chi connectivity index (χ0) is 16.1. The summed E-state index contributed by atoms with van der Waals surface area (Å²) < 4.78 is 5.10. The summed E-state index contributed by atoms with van der Waals surface area (Å²) in [6.45, 7) is 5.82. The highest BCUT2D eigenvalue weighted by atomic mass is 16.6. The van der Waals surface area contributed by atoms with E-state index in [4.69, 9.17) is 4.74 Å². The highest BCUT2D eigenvalue weighted by molar-refractivity contribution is 5.78. The molecule has 1 aliphatic rings. The van der Waals surface area contributed by atoms with Crippen LogP contribution in [0.15, 0.2) is 54.2 Å². The van der Waals surface area contributed by atoms with E-state index >= 15 is 0 Å². The molecule has 2 rings (SSSR count). The zero-order valence-electron chi connectivity index (χ0n) is 12.1. The highest BCUT2D eigenvalue weighted by Gasteiger charge is 2.29. The molecule has 1 radical (unpaired) electrons. The Labute approximate surface area is 128 Å². The Morgan fingerprint density at radius 2 is 2.23 bits per heavy atom. The van der Waals surface area contributed by atoms with Crippen molar-refractivity contribution in [1.29, 1.82) is 0 Å². The van der Waals surface area contributed by atoms with Crippen LogP contribution in [-0.4, -0.2) is 22.4 Å². The fraction of sp³-hybridized carbons (Fsp3) is 0.188. The van der Waals surface area contributed by atoms with Crippen LogP contribution >= 0.6 is 0 Å². The lowest BCUT2D eigenvalue weighted by molar-refractivity contribution is -0.420. The van der Waals surface area contributed by atoms with Crippen LogP contribution in [0.25, 0.3) is 0 Å². The molecule has 0 bridgehead atoms. The van der Waals surface area contributed by atoms with Gasteiger partial charge in [-0.15, -0.1) is 0 Å². The number of ether oxygens (including phenoxy) is 1. The van der Waals surface area contributed by atoms with Crippen LogP contribution < -0.4 is 0 Å². The number of benzene rings is 1. The molecule has 0 aliphatic carbocycles. The smallest absolute Gasteiger partial charge is 0.333 e. The molecule has 22 heavy (non-hydrogen) atoms. The number of allylic oxidation sites excluding steroid dienone is 1. The summed E-state index contributed by atoms with van der Waals surface area (Å²) in [6.07, 6.45) is 4.00. The molecule has 0 saturated heterocycles. The van der Waals surface area contributed by atoms with Crippen LogP contribution in [0, 0.1) is 17.0 Å². The fourth-order valence-corrected chi connectivity index (χ4v) is 2.12. The fourth-order valence-electron chi connectivity index (χ4n) is 2.12. The minimum absolute atomic E-state index is 0.154. The molecule has 1 unspecified atom stereocenters. The first-order valence-electron chi connectivity index (χ1n) is 6.68. The van der Waals surface area contributed by atoms with Gasteiger partial charge in [0.2, 0.25) is 0 Å². The van der Waals surface area contributed by atoms with Crippen molar-refractivity contribution in [1.82, 2.24) is 4.90 Å². The Hall–Kier alpha value is -2.85. The summed E-state index contributed by atoms with van der Waals surface area (Å²) in [5, 5.41) is 10.9. The third kappa shape index (κ3) is 3.24. The van der Waals surface area contributed by atoms with E-state index in [0.29, 0.717) is 11.1 Å². The molecule has 1 aromatic rings. The normalized spacial score (nSPS) is 14.5. The summed E-state index contributed by atoms with van der Waals surface area (Å²) in [5.74, 6) is -0.502. The average molecular weight is 299 g/mol. The maximum absolute atomic E-state index is 12.3.